The molecule has 0 bridgehead atoms. The van der Waals surface area contributed by atoms with Gasteiger partial charge in [0.1, 0.15) is 5.15 Å². The van der Waals surface area contributed by atoms with E-state index in [1.165, 1.54) is 10.4 Å². The maximum Gasteiger partial charge on any atom is 0.129 e. The molecule has 6 heteroatoms. The number of halogens is 2. The Kier molecular flexibility index (Phi) is 5.14. The van der Waals surface area contributed by atoms with Crippen LogP contribution in [0.1, 0.15) is 10.4 Å². The zero-order chi connectivity index (χ0) is 14.7. The number of piperazine rings is 1. The van der Waals surface area contributed by atoms with E-state index < -0.39 is 0 Å². The number of nitrogens with zero attached hydrogens (tertiary/aromatic N) is 3. The molecule has 3 nitrogen and oxygen atoms in total. The lowest BCUT2D eigenvalue weighted by Gasteiger charge is -2.34. The third kappa shape index (κ3) is 4.41. The van der Waals surface area contributed by atoms with Gasteiger partial charge in [-0.25, -0.2) is 4.98 Å². The lowest BCUT2D eigenvalue weighted by atomic mass is 10.2. The highest BCUT2D eigenvalue weighted by atomic mass is 35.5. The van der Waals surface area contributed by atoms with Gasteiger partial charge in [0.15, 0.2) is 0 Å². The van der Waals surface area contributed by atoms with Crippen LogP contribution in [0.25, 0.3) is 0 Å². The lowest BCUT2D eigenvalue weighted by Crippen LogP contribution is -2.45. The second-order valence-corrected chi connectivity index (χ2v) is 7.43. The molecule has 0 atom stereocenters. The van der Waals surface area contributed by atoms with Crippen molar-refractivity contribution in [3.05, 3.63) is 50.4 Å². The van der Waals surface area contributed by atoms with Crippen LogP contribution >= 0.6 is 34.5 Å². The van der Waals surface area contributed by atoms with Crippen LogP contribution < -0.4 is 0 Å². The number of aromatic nitrogens is 1. The van der Waals surface area contributed by atoms with Crippen LogP contribution in [0.15, 0.2) is 30.5 Å². The molecule has 2 aromatic heterocycles. The Morgan fingerprint density at radius 1 is 0.952 bits per heavy atom. The number of thiophene rings is 1. The molecule has 0 aliphatic carbocycles. The Morgan fingerprint density at radius 2 is 1.67 bits per heavy atom. The van der Waals surface area contributed by atoms with Crippen molar-refractivity contribution in [2.24, 2.45) is 0 Å². The third-order valence-corrected chi connectivity index (χ3v) is 5.11. The van der Waals surface area contributed by atoms with Gasteiger partial charge in [-0.05, 0) is 23.8 Å². The van der Waals surface area contributed by atoms with Gasteiger partial charge < -0.3 is 0 Å². The van der Waals surface area contributed by atoms with E-state index in [0.29, 0.717) is 5.15 Å². The fraction of sp³-hybridized carbons (Fsp3) is 0.400. The highest BCUT2D eigenvalue weighted by molar-refractivity contribution is 7.16. The van der Waals surface area contributed by atoms with Crippen LogP contribution in [-0.2, 0) is 13.1 Å². The molecule has 0 aromatic carbocycles. The first-order valence-electron chi connectivity index (χ1n) is 6.98. The second-order valence-electron chi connectivity index (χ2n) is 5.25. The van der Waals surface area contributed by atoms with E-state index in [1.54, 1.807) is 11.3 Å². The van der Waals surface area contributed by atoms with Gasteiger partial charge in [0, 0.05) is 50.3 Å². The molecule has 0 N–H and O–H groups in total. The van der Waals surface area contributed by atoms with E-state index in [9.17, 15) is 0 Å². The van der Waals surface area contributed by atoms with Crippen molar-refractivity contribution in [3.8, 4) is 0 Å². The molecule has 21 heavy (non-hydrogen) atoms. The first-order chi connectivity index (χ1) is 10.2. The average Bonchev–Trinajstić information content (AvgIpc) is 2.89. The van der Waals surface area contributed by atoms with Gasteiger partial charge >= 0.3 is 0 Å². The van der Waals surface area contributed by atoms with Gasteiger partial charge in [-0.2, -0.15) is 0 Å². The highest BCUT2D eigenvalue weighted by Gasteiger charge is 2.17. The van der Waals surface area contributed by atoms with Crippen LogP contribution in [0, 0.1) is 0 Å². The molecular weight excluding hydrogens is 325 g/mol. The third-order valence-electron chi connectivity index (χ3n) is 3.67. The van der Waals surface area contributed by atoms with E-state index in [1.807, 2.05) is 18.3 Å². The molecule has 112 valence electrons. The molecule has 0 saturated carbocycles. The molecule has 0 radical (unpaired) electrons. The zero-order valence-electron chi connectivity index (χ0n) is 11.6. The standard InChI is InChI=1S/C15H17Cl2N3S/c16-14-3-1-12(9-18-14)10-19-5-7-20(8-6-19)11-13-2-4-15(17)21-13/h1-4,9H,5-8,10-11H2. The molecule has 1 saturated heterocycles. The van der Waals surface area contributed by atoms with Crippen LogP contribution in [0.3, 0.4) is 0 Å². The second kappa shape index (κ2) is 7.07. The van der Waals surface area contributed by atoms with Crippen LogP contribution in [-0.4, -0.2) is 41.0 Å². The fourth-order valence-electron chi connectivity index (χ4n) is 2.52. The first-order valence-corrected chi connectivity index (χ1v) is 8.55. The molecule has 3 rings (SSSR count). The smallest absolute Gasteiger partial charge is 0.129 e. The summed E-state index contributed by atoms with van der Waals surface area (Å²) in [6.07, 6.45) is 1.86. The Hall–Kier alpha value is -0.650. The summed E-state index contributed by atoms with van der Waals surface area (Å²) in [7, 11) is 0. The summed E-state index contributed by atoms with van der Waals surface area (Å²) in [5.41, 5.74) is 1.22. The predicted octanol–water partition coefficient (Wildman–Crippen LogP) is 3.77. The van der Waals surface area contributed by atoms with Gasteiger partial charge in [-0.1, -0.05) is 29.3 Å². The van der Waals surface area contributed by atoms with Gasteiger partial charge in [-0.15, -0.1) is 11.3 Å². The van der Waals surface area contributed by atoms with Crippen molar-refractivity contribution in [1.29, 1.82) is 0 Å². The van der Waals surface area contributed by atoms with Crippen molar-refractivity contribution >= 4 is 34.5 Å². The molecule has 2 aromatic rings. The maximum atomic E-state index is 5.98. The summed E-state index contributed by atoms with van der Waals surface area (Å²) < 4.78 is 0.874. The Balaban J connectivity index is 1.47. The van der Waals surface area contributed by atoms with Gasteiger partial charge in [0.05, 0.1) is 4.34 Å². The van der Waals surface area contributed by atoms with E-state index in [2.05, 4.69) is 26.9 Å². The van der Waals surface area contributed by atoms with Gasteiger partial charge in [0.25, 0.3) is 0 Å². The highest BCUT2D eigenvalue weighted by Crippen LogP contribution is 2.23. The SMILES string of the molecule is Clc1ccc(CN2CCN(Cc3ccc(Cl)s3)CC2)cn1. The Morgan fingerprint density at radius 3 is 2.24 bits per heavy atom. The molecule has 3 heterocycles. The van der Waals surface area contributed by atoms with E-state index in [-0.39, 0.29) is 0 Å². The average molecular weight is 342 g/mol. The number of pyridine rings is 1. The number of hydrogen-bond acceptors (Lipinski definition) is 4. The molecule has 0 unspecified atom stereocenters. The largest absolute Gasteiger partial charge is 0.296 e. The molecular formula is C15H17Cl2N3S. The van der Waals surface area contributed by atoms with E-state index in [4.69, 9.17) is 23.2 Å². The first kappa shape index (κ1) is 15.3. The van der Waals surface area contributed by atoms with Crippen molar-refractivity contribution in [2.75, 3.05) is 26.2 Å². The summed E-state index contributed by atoms with van der Waals surface area (Å²) in [5, 5.41) is 0.554. The molecule has 1 fully saturated rings. The quantitative estimate of drug-likeness (QED) is 0.789. The van der Waals surface area contributed by atoms with Crippen molar-refractivity contribution in [3.63, 3.8) is 0 Å². The van der Waals surface area contributed by atoms with Gasteiger partial charge in [0.2, 0.25) is 0 Å². The minimum Gasteiger partial charge on any atom is -0.296 e. The Labute approximate surface area is 139 Å². The monoisotopic (exact) mass is 341 g/mol. The Bertz CT molecular complexity index is 577. The topological polar surface area (TPSA) is 19.4 Å². The van der Waals surface area contributed by atoms with Gasteiger partial charge in [-0.3, -0.25) is 9.80 Å². The van der Waals surface area contributed by atoms with Crippen LogP contribution in [0.2, 0.25) is 9.49 Å². The summed E-state index contributed by atoms with van der Waals surface area (Å²) in [6.45, 7) is 6.31. The number of hydrogen-bond donors (Lipinski definition) is 0. The lowest BCUT2D eigenvalue weighted by molar-refractivity contribution is 0.122. The van der Waals surface area contributed by atoms with Crippen molar-refractivity contribution < 1.29 is 0 Å². The predicted molar refractivity (Wildman–Crippen MR) is 89.1 cm³/mol. The van der Waals surface area contributed by atoms with Crippen LogP contribution in [0.4, 0.5) is 0 Å². The molecule has 0 spiro atoms. The summed E-state index contributed by atoms with van der Waals surface area (Å²) in [4.78, 5) is 10.4. The summed E-state index contributed by atoms with van der Waals surface area (Å²) in [6, 6.07) is 8.01. The molecule has 0 amide bonds. The zero-order valence-corrected chi connectivity index (χ0v) is 14.0. The molecule has 1 aliphatic rings. The fourth-order valence-corrected chi connectivity index (χ4v) is 3.76. The normalized spacial score (nSPS) is 17.2. The minimum atomic E-state index is 0.554. The van der Waals surface area contributed by atoms with E-state index in [0.717, 1.165) is 43.6 Å². The maximum absolute atomic E-state index is 5.98. The summed E-state index contributed by atoms with van der Waals surface area (Å²) in [5.74, 6) is 0. The molecule has 1 aliphatic heterocycles. The van der Waals surface area contributed by atoms with Crippen molar-refractivity contribution in [2.45, 2.75) is 13.1 Å². The number of rotatable bonds is 4. The van der Waals surface area contributed by atoms with E-state index >= 15 is 0 Å². The minimum absolute atomic E-state index is 0.554. The summed E-state index contributed by atoms with van der Waals surface area (Å²) >= 11 is 13.5. The van der Waals surface area contributed by atoms with Crippen molar-refractivity contribution in [1.82, 2.24) is 14.8 Å². The van der Waals surface area contributed by atoms with Crippen LogP contribution in [0.5, 0.6) is 0 Å².